The standard InChI is InChI=1S/C19H18N4O/c1-13-22-17-8-4-5-9-18(17)23(13)11-10-20-19(24)15-12-21-16-7-3-2-6-14(15)16/h2-9,12,21H,10-11H2,1H3,(H,20,24). The summed E-state index contributed by atoms with van der Waals surface area (Å²) in [6, 6.07) is 15.9. The second-order valence-corrected chi connectivity index (χ2v) is 5.80. The zero-order valence-electron chi connectivity index (χ0n) is 13.4. The van der Waals surface area contributed by atoms with Gasteiger partial charge in [-0.25, -0.2) is 4.98 Å². The van der Waals surface area contributed by atoms with Crippen molar-refractivity contribution in [1.29, 1.82) is 0 Å². The number of para-hydroxylation sites is 3. The molecule has 2 N–H and O–H groups in total. The minimum atomic E-state index is -0.0606. The molecule has 0 unspecified atom stereocenters. The van der Waals surface area contributed by atoms with Crippen LogP contribution in [0.4, 0.5) is 0 Å². The quantitative estimate of drug-likeness (QED) is 0.607. The highest BCUT2D eigenvalue weighted by Crippen LogP contribution is 2.18. The Labute approximate surface area is 139 Å². The summed E-state index contributed by atoms with van der Waals surface area (Å²) in [7, 11) is 0. The number of aromatic nitrogens is 3. The maximum atomic E-state index is 12.4. The van der Waals surface area contributed by atoms with Crippen LogP contribution in [0.5, 0.6) is 0 Å². The normalized spacial score (nSPS) is 11.2. The van der Waals surface area contributed by atoms with Gasteiger partial charge in [0.15, 0.2) is 0 Å². The highest BCUT2D eigenvalue weighted by atomic mass is 16.1. The third kappa shape index (κ3) is 2.44. The van der Waals surface area contributed by atoms with Crippen molar-refractivity contribution >= 4 is 27.8 Å². The highest BCUT2D eigenvalue weighted by Gasteiger charge is 2.12. The number of aromatic amines is 1. The van der Waals surface area contributed by atoms with E-state index in [1.807, 2.05) is 49.4 Å². The molecule has 5 nitrogen and oxygen atoms in total. The number of hydrogen-bond donors (Lipinski definition) is 2. The number of imidazole rings is 1. The van der Waals surface area contributed by atoms with Crippen molar-refractivity contribution in [2.75, 3.05) is 6.54 Å². The van der Waals surface area contributed by atoms with E-state index in [-0.39, 0.29) is 5.91 Å². The molecule has 0 aliphatic carbocycles. The number of carbonyl (C=O) groups excluding carboxylic acids is 1. The van der Waals surface area contributed by atoms with Crippen molar-refractivity contribution in [1.82, 2.24) is 19.9 Å². The summed E-state index contributed by atoms with van der Waals surface area (Å²) in [6.07, 6.45) is 1.76. The van der Waals surface area contributed by atoms with Crippen LogP contribution in [0.25, 0.3) is 21.9 Å². The van der Waals surface area contributed by atoms with Crippen LogP contribution in [0, 0.1) is 6.92 Å². The molecule has 0 saturated carbocycles. The zero-order chi connectivity index (χ0) is 16.5. The van der Waals surface area contributed by atoms with Crippen LogP contribution in [0.15, 0.2) is 54.7 Å². The summed E-state index contributed by atoms with van der Waals surface area (Å²) in [5.74, 6) is 0.895. The number of H-pyrrole nitrogens is 1. The Morgan fingerprint density at radius 3 is 2.88 bits per heavy atom. The Kier molecular flexibility index (Phi) is 3.54. The largest absolute Gasteiger partial charge is 0.360 e. The van der Waals surface area contributed by atoms with Crippen molar-refractivity contribution in [3.05, 3.63) is 66.1 Å². The van der Waals surface area contributed by atoms with Crippen molar-refractivity contribution in [2.45, 2.75) is 13.5 Å². The molecular formula is C19H18N4O. The summed E-state index contributed by atoms with van der Waals surface area (Å²) >= 11 is 0. The average molecular weight is 318 g/mol. The lowest BCUT2D eigenvalue weighted by molar-refractivity contribution is 0.0954. The number of aryl methyl sites for hydroxylation is 1. The van der Waals surface area contributed by atoms with E-state index in [4.69, 9.17) is 0 Å². The highest BCUT2D eigenvalue weighted by molar-refractivity contribution is 6.06. The summed E-state index contributed by atoms with van der Waals surface area (Å²) in [4.78, 5) is 20.1. The number of amides is 1. The predicted octanol–water partition coefficient (Wildman–Crippen LogP) is 3.26. The summed E-state index contributed by atoms with van der Waals surface area (Å²) < 4.78 is 2.13. The van der Waals surface area contributed by atoms with E-state index < -0.39 is 0 Å². The molecule has 2 heterocycles. The van der Waals surface area contributed by atoms with Gasteiger partial charge in [0.25, 0.3) is 5.91 Å². The Balaban J connectivity index is 1.49. The maximum absolute atomic E-state index is 12.4. The van der Waals surface area contributed by atoms with E-state index in [9.17, 15) is 4.79 Å². The lowest BCUT2D eigenvalue weighted by atomic mass is 10.1. The van der Waals surface area contributed by atoms with Crippen molar-refractivity contribution in [3.63, 3.8) is 0 Å². The molecule has 0 aliphatic rings. The fraction of sp³-hybridized carbons (Fsp3) is 0.158. The van der Waals surface area contributed by atoms with E-state index >= 15 is 0 Å². The molecular weight excluding hydrogens is 300 g/mol. The molecule has 0 fully saturated rings. The van der Waals surface area contributed by atoms with E-state index in [2.05, 4.69) is 25.9 Å². The summed E-state index contributed by atoms with van der Waals surface area (Å²) in [5.41, 5.74) is 3.73. The van der Waals surface area contributed by atoms with Crippen LogP contribution in [0.1, 0.15) is 16.2 Å². The molecule has 2 aromatic carbocycles. The maximum Gasteiger partial charge on any atom is 0.253 e. The number of benzene rings is 2. The molecule has 5 heteroatoms. The number of carbonyl (C=O) groups is 1. The number of hydrogen-bond acceptors (Lipinski definition) is 2. The van der Waals surface area contributed by atoms with E-state index in [0.717, 1.165) is 27.8 Å². The molecule has 0 saturated heterocycles. The second-order valence-electron chi connectivity index (χ2n) is 5.80. The Hall–Kier alpha value is -3.08. The monoisotopic (exact) mass is 318 g/mol. The molecule has 0 radical (unpaired) electrons. The fourth-order valence-electron chi connectivity index (χ4n) is 3.11. The number of nitrogens with one attached hydrogen (secondary N) is 2. The Morgan fingerprint density at radius 1 is 1.17 bits per heavy atom. The van der Waals surface area contributed by atoms with Gasteiger partial charge in [0, 0.05) is 30.2 Å². The minimum absolute atomic E-state index is 0.0606. The zero-order valence-corrected chi connectivity index (χ0v) is 13.4. The Bertz CT molecular complexity index is 1030. The van der Waals surface area contributed by atoms with Gasteiger partial charge < -0.3 is 14.9 Å². The first-order chi connectivity index (χ1) is 11.7. The van der Waals surface area contributed by atoms with Crippen LogP contribution < -0.4 is 5.32 Å². The van der Waals surface area contributed by atoms with Gasteiger partial charge in [0.1, 0.15) is 5.82 Å². The van der Waals surface area contributed by atoms with Crippen LogP contribution in [0.2, 0.25) is 0 Å². The molecule has 0 atom stereocenters. The molecule has 0 bridgehead atoms. The van der Waals surface area contributed by atoms with Gasteiger partial charge in [0.2, 0.25) is 0 Å². The first-order valence-corrected chi connectivity index (χ1v) is 8.00. The first-order valence-electron chi connectivity index (χ1n) is 8.00. The van der Waals surface area contributed by atoms with Gasteiger partial charge in [0.05, 0.1) is 16.6 Å². The van der Waals surface area contributed by atoms with Gasteiger partial charge >= 0.3 is 0 Å². The molecule has 4 aromatic rings. The van der Waals surface area contributed by atoms with Crippen LogP contribution in [-0.4, -0.2) is 27.0 Å². The fourth-order valence-corrected chi connectivity index (χ4v) is 3.11. The number of fused-ring (bicyclic) bond motifs is 2. The SMILES string of the molecule is Cc1nc2ccccc2n1CCNC(=O)c1c[nH]c2ccccc12. The first kappa shape index (κ1) is 14.5. The van der Waals surface area contributed by atoms with Crippen LogP contribution in [0.3, 0.4) is 0 Å². The predicted molar refractivity (Wildman–Crippen MR) is 95.1 cm³/mol. The number of rotatable bonds is 4. The van der Waals surface area contributed by atoms with E-state index in [1.165, 1.54) is 0 Å². The molecule has 2 aromatic heterocycles. The van der Waals surface area contributed by atoms with Crippen LogP contribution in [-0.2, 0) is 6.54 Å². The van der Waals surface area contributed by atoms with Crippen molar-refractivity contribution in [2.24, 2.45) is 0 Å². The topological polar surface area (TPSA) is 62.7 Å². The molecule has 0 spiro atoms. The van der Waals surface area contributed by atoms with Gasteiger partial charge in [-0.3, -0.25) is 4.79 Å². The van der Waals surface area contributed by atoms with Crippen molar-refractivity contribution in [3.8, 4) is 0 Å². The molecule has 24 heavy (non-hydrogen) atoms. The summed E-state index contributed by atoms with van der Waals surface area (Å²) in [5, 5.41) is 3.94. The molecule has 120 valence electrons. The second kappa shape index (κ2) is 5.85. The van der Waals surface area contributed by atoms with Crippen LogP contribution >= 0.6 is 0 Å². The smallest absolute Gasteiger partial charge is 0.253 e. The third-order valence-electron chi connectivity index (χ3n) is 4.30. The van der Waals surface area contributed by atoms with Gasteiger partial charge in [-0.1, -0.05) is 30.3 Å². The minimum Gasteiger partial charge on any atom is -0.360 e. The molecule has 1 amide bonds. The lowest BCUT2D eigenvalue weighted by Crippen LogP contribution is -2.27. The lowest BCUT2D eigenvalue weighted by Gasteiger charge is -2.08. The van der Waals surface area contributed by atoms with E-state index in [1.54, 1.807) is 6.20 Å². The Morgan fingerprint density at radius 2 is 1.96 bits per heavy atom. The number of nitrogens with zero attached hydrogens (tertiary/aromatic N) is 2. The molecule has 0 aliphatic heterocycles. The third-order valence-corrected chi connectivity index (χ3v) is 4.30. The molecule has 4 rings (SSSR count). The van der Waals surface area contributed by atoms with Gasteiger partial charge in [-0.2, -0.15) is 0 Å². The summed E-state index contributed by atoms with van der Waals surface area (Å²) in [6.45, 7) is 3.24. The van der Waals surface area contributed by atoms with Gasteiger partial charge in [-0.15, -0.1) is 0 Å². The van der Waals surface area contributed by atoms with Crippen molar-refractivity contribution < 1.29 is 4.79 Å². The average Bonchev–Trinajstić information content (AvgIpc) is 3.16. The van der Waals surface area contributed by atoms with Gasteiger partial charge in [-0.05, 0) is 25.1 Å². The van der Waals surface area contributed by atoms with E-state index in [0.29, 0.717) is 18.7 Å².